The van der Waals surface area contributed by atoms with Gasteiger partial charge in [0.25, 0.3) is 5.91 Å². The fourth-order valence-electron chi connectivity index (χ4n) is 4.74. The monoisotopic (exact) mass is 447 g/mol. The zero-order valence-electron chi connectivity index (χ0n) is 19.2. The van der Waals surface area contributed by atoms with Crippen LogP contribution in [0, 0.1) is 5.92 Å². The van der Waals surface area contributed by atoms with E-state index in [4.69, 9.17) is 0 Å². The first kappa shape index (κ1) is 23.0. The van der Waals surface area contributed by atoms with Crippen LogP contribution in [0.4, 0.5) is 0 Å². The average molecular weight is 448 g/mol. The molecule has 0 aromatic heterocycles. The molecule has 0 bridgehead atoms. The van der Waals surface area contributed by atoms with Crippen LogP contribution in [0.5, 0.6) is 0 Å². The third-order valence-corrected chi connectivity index (χ3v) is 6.77. The van der Waals surface area contributed by atoms with Gasteiger partial charge >= 0.3 is 0 Å². The normalized spacial score (nSPS) is 17.3. The van der Waals surface area contributed by atoms with Gasteiger partial charge < -0.3 is 15.1 Å². The van der Waals surface area contributed by atoms with Crippen LogP contribution in [-0.2, 0) is 9.59 Å². The predicted molar refractivity (Wildman–Crippen MR) is 129 cm³/mol. The van der Waals surface area contributed by atoms with E-state index in [1.54, 1.807) is 17.0 Å². The van der Waals surface area contributed by atoms with Crippen LogP contribution in [-0.4, -0.2) is 60.2 Å². The highest BCUT2D eigenvalue weighted by Crippen LogP contribution is 2.22. The van der Waals surface area contributed by atoms with Crippen LogP contribution in [0.2, 0.25) is 0 Å². The molecule has 2 aliphatic heterocycles. The second-order valence-corrected chi connectivity index (χ2v) is 9.02. The first-order chi connectivity index (χ1) is 16.1. The Morgan fingerprint density at radius 3 is 1.97 bits per heavy atom. The van der Waals surface area contributed by atoms with E-state index in [2.05, 4.69) is 5.32 Å². The number of carbonyl (C=O) groups excluding carboxylic acids is 3. The van der Waals surface area contributed by atoms with Gasteiger partial charge in [0, 0.05) is 37.7 Å². The Morgan fingerprint density at radius 1 is 0.727 bits per heavy atom. The van der Waals surface area contributed by atoms with E-state index in [9.17, 15) is 14.4 Å². The van der Waals surface area contributed by atoms with Crippen LogP contribution >= 0.6 is 0 Å². The highest BCUT2D eigenvalue weighted by atomic mass is 16.2. The van der Waals surface area contributed by atoms with E-state index in [1.165, 1.54) is 12.8 Å². The van der Waals surface area contributed by atoms with Crippen molar-refractivity contribution in [3.05, 3.63) is 60.2 Å². The lowest BCUT2D eigenvalue weighted by molar-refractivity contribution is -0.140. The summed E-state index contributed by atoms with van der Waals surface area (Å²) in [5.41, 5.74) is 2.67. The molecule has 6 heteroatoms. The Bertz CT molecular complexity index is 942. The van der Waals surface area contributed by atoms with Crippen molar-refractivity contribution in [2.24, 2.45) is 5.92 Å². The van der Waals surface area contributed by atoms with Crippen LogP contribution in [0.15, 0.2) is 54.6 Å². The van der Waals surface area contributed by atoms with Gasteiger partial charge in [-0.2, -0.15) is 0 Å². The van der Waals surface area contributed by atoms with Crippen LogP contribution in [0.1, 0.15) is 48.9 Å². The summed E-state index contributed by atoms with van der Waals surface area (Å²) in [6.07, 6.45) is 6.01. The van der Waals surface area contributed by atoms with E-state index < -0.39 is 0 Å². The Hall–Kier alpha value is -3.15. The molecule has 2 saturated heterocycles. The van der Waals surface area contributed by atoms with Crippen molar-refractivity contribution in [3.63, 3.8) is 0 Å². The number of carbonyl (C=O) groups is 3. The molecule has 0 radical (unpaired) electrons. The molecule has 0 spiro atoms. The standard InChI is InChI=1S/C27H33N3O3/c31-25(29-18-14-24(15-19-29)27(33)30-16-6-1-2-7-17-30)20-28-26(32)23-12-10-22(11-13-23)21-8-4-3-5-9-21/h3-5,8-13,24H,1-2,6-7,14-20H2,(H,28,32). The highest BCUT2D eigenvalue weighted by molar-refractivity contribution is 5.96. The molecular formula is C27H33N3O3. The second-order valence-electron chi connectivity index (χ2n) is 9.02. The van der Waals surface area contributed by atoms with Gasteiger partial charge in [-0.1, -0.05) is 55.3 Å². The number of amides is 3. The van der Waals surface area contributed by atoms with Gasteiger partial charge in [0.15, 0.2) is 0 Å². The number of benzene rings is 2. The van der Waals surface area contributed by atoms with Gasteiger partial charge in [-0.05, 0) is 48.9 Å². The largest absolute Gasteiger partial charge is 0.343 e. The van der Waals surface area contributed by atoms with E-state index in [-0.39, 0.29) is 30.2 Å². The summed E-state index contributed by atoms with van der Waals surface area (Å²) in [7, 11) is 0. The fraction of sp³-hybridized carbons (Fsp3) is 0.444. The second kappa shape index (κ2) is 11.1. The van der Waals surface area contributed by atoms with Gasteiger partial charge in [0.2, 0.25) is 11.8 Å². The predicted octanol–water partition coefficient (Wildman–Crippen LogP) is 3.72. The average Bonchev–Trinajstić information content (AvgIpc) is 3.17. The summed E-state index contributed by atoms with van der Waals surface area (Å²) in [4.78, 5) is 41.7. The maximum Gasteiger partial charge on any atom is 0.251 e. The maximum absolute atomic E-state index is 12.8. The smallest absolute Gasteiger partial charge is 0.251 e. The van der Waals surface area contributed by atoms with E-state index >= 15 is 0 Å². The minimum Gasteiger partial charge on any atom is -0.343 e. The van der Waals surface area contributed by atoms with Gasteiger partial charge in [-0.25, -0.2) is 0 Å². The molecule has 6 nitrogen and oxygen atoms in total. The summed E-state index contributed by atoms with van der Waals surface area (Å²) < 4.78 is 0. The lowest BCUT2D eigenvalue weighted by Gasteiger charge is -2.34. The van der Waals surface area contributed by atoms with E-state index in [0.29, 0.717) is 31.5 Å². The zero-order chi connectivity index (χ0) is 23.0. The van der Waals surface area contributed by atoms with Crippen molar-refractivity contribution in [2.75, 3.05) is 32.7 Å². The third kappa shape index (κ3) is 6.01. The third-order valence-electron chi connectivity index (χ3n) is 6.77. The van der Waals surface area contributed by atoms with Gasteiger partial charge in [0.05, 0.1) is 6.54 Å². The molecule has 2 aliphatic rings. The molecule has 4 rings (SSSR count). The number of hydrogen-bond donors (Lipinski definition) is 1. The van der Waals surface area contributed by atoms with Crippen molar-refractivity contribution in [1.82, 2.24) is 15.1 Å². The Labute approximate surface area is 196 Å². The van der Waals surface area contributed by atoms with E-state index in [1.807, 2.05) is 47.4 Å². The van der Waals surface area contributed by atoms with Crippen molar-refractivity contribution in [1.29, 1.82) is 0 Å². The fourth-order valence-corrected chi connectivity index (χ4v) is 4.74. The molecule has 2 fully saturated rings. The minimum absolute atomic E-state index is 0.0184. The molecular weight excluding hydrogens is 414 g/mol. The van der Waals surface area contributed by atoms with Gasteiger partial charge in [-0.3, -0.25) is 14.4 Å². The van der Waals surface area contributed by atoms with Gasteiger partial charge in [0.1, 0.15) is 0 Å². The SMILES string of the molecule is O=C(NCC(=O)N1CCC(C(=O)N2CCCCCC2)CC1)c1ccc(-c2ccccc2)cc1. The number of nitrogens with one attached hydrogen (secondary N) is 1. The molecule has 2 aromatic rings. The van der Waals surface area contributed by atoms with Crippen molar-refractivity contribution >= 4 is 17.7 Å². The summed E-state index contributed by atoms with van der Waals surface area (Å²) in [6.45, 7) is 2.87. The van der Waals surface area contributed by atoms with Crippen LogP contribution < -0.4 is 5.32 Å². The summed E-state index contributed by atoms with van der Waals surface area (Å²) >= 11 is 0. The first-order valence-electron chi connectivity index (χ1n) is 12.1. The number of likely N-dealkylation sites (tertiary alicyclic amines) is 2. The number of hydrogen-bond acceptors (Lipinski definition) is 3. The van der Waals surface area contributed by atoms with Crippen LogP contribution in [0.25, 0.3) is 11.1 Å². The highest BCUT2D eigenvalue weighted by Gasteiger charge is 2.30. The molecule has 0 atom stereocenters. The zero-order valence-corrected chi connectivity index (χ0v) is 19.2. The van der Waals surface area contributed by atoms with Crippen molar-refractivity contribution in [3.8, 4) is 11.1 Å². The Kier molecular flexibility index (Phi) is 7.76. The minimum atomic E-state index is -0.255. The molecule has 2 heterocycles. The topological polar surface area (TPSA) is 69.7 Å². The lowest BCUT2D eigenvalue weighted by Crippen LogP contribution is -2.47. The lowest BCUT2D eigenvalue weighted by atomic mass is 9.95. The first-order valence-corrected chi connectivity index (χ1v) is 12.1. The molecule has 1 N–H and O–H groups in total. The Balaban J connectivity index is 1.22. The van der Waals surface area contributed by atoms with Crippen molar-refractivity contribution < 1.29 is 14.4 Å². The molecule has 0 saturated carbocycles. The molecule has 3 amide bonds. The molecule has 33 heavy (non-hydrogen) atoms. The summed E-state index contributed by atoms with van der Waals surface area (Å²) in [5.74, 6) is -0.0692. The molecule has 0 unspecified atom stereocenters. The molecule has 2 aromatic carbocycles. The summed E-state index contributed by atoms with van der Waals surface area (Å²) in [6, 6.07) is 17.4. The molecule has 0 aliphatic carbocycles. The summed E-state index contributed by atoms with van der Waals surface area (Å²) in [5, 5.41) is 2.74. The number of nitrogens with zero attached hydrogens (tertiary/aromatic N) is 2. The maximum atomic E-state index is 12.8. The van der Waals surface area contributed by atoms with Gasteiger partial charge in [-0.15, -0.1) is 0 Å². The van der Waals surface area contributed by atoms with Crippen LogP contribution in [0.3, 0.4) is 0 Å². The Morgan fingerprint density at radius 2 is 1.33 bits per heavy atom. The van der Waals surface area contributed by atoms with Crippen molar-refractivity contribution in [2.45, 2.75) is 38.5 Å². The van der Waals surface area contributed by atoms with E-state index in [0.717, 1.165) is 37.1 Å². The molecule has 174 valence electrons. The number of rotatable bonds is 5. The quantitative estimate of drug-likeness (QED) is 0.759. The number of piperidine rings is 1.